The van der Waals surface area contributed by atoms with Gasteiger partial charge in [-0.1, -0.05) is 22.0 Å². The van der Waals surface area contributed by atoms with Crippen molar-refractivity contribution >= 4 is 15.9 Å². The van der Waals surface area contributed by atoms with E-state index in [2.05, 4.69) is 15.9 Å². The van der Waals surface area contributed by atoms with Crippen molar-refractivity contribution in [2.24, 2.45) is 0 Å². The van der Waals surface area contributed by atoms with Gasteiger partial charge in [-0.25, -0.2) is 4.39 Å². The molecule has 66 valence electrons. The highest BCUT2D eigenvalue weighted by molar-refractivity contribution is 9.09. The lowest BCUT2D eigenvalue weighted by atomic mass is 10.2. The molecule has 1 aromatic rings. The predicted octanol–water partition coefficient (Wildman–Crippen LogP) is 2.91. The van der Waals surface area contributed by atoms with Gasteiger partial charge in [0.25, 0.3) is 0 Å². The van der Waals surface area contributed by atoms with Crippen LogP contribution in [-0.2, 0) is 0 Å². The van der Waals surface area contributed by atoms with Crippen LogP contribution in [0.2, 0.25) is 0 Å². The summed E-state index contributed by atoms with van der Waals surface area (Å²) >= 11 is 3.23. The molecule has 1 rings (SSSR count). The first-order valence-corrected chi connectivity index (χ1v) is 4.81. The van der Waals surface area contributed by atoms with Gasteiger partial charge in [0, 0.05) is 10.9 Å². The van der Waals surface area contributed by atoms with Crippen molar-refractivity contribution in [3.05, 3.63) is 29.6 Å². The van der Waals surface area contributed by atoms with Crippen LogP contribution in [0.3, 0.4) is 0 Å². The quantitative estimate of drug-likeness (QED) is 0.729. The van der Waals surface area contributed by atoms with E-state index in [0.29, 0.717) is 17.9 Å². The number of halogens is 2. The molecule has 0 saturated heterocycles. The first-order valence-electron chi connectivity index (χ1n) is 3.69. The monoisotopic (exact) mass is 232 g/mol. The average Bonchev–Trinajstić information content (AvgIpc) is 2.08. The summed E-state index contributed by atoms with van der Waals surface area (Å²) in [5.74, 6) is 0.400. The van der Waals surface area contributed by atoms with E-state index >= 15 is 0 Å². The number of ether oxygens (including phenoxy) is 1. The van der Waals surface area contributed by atoms with Crippen LogP contribution >= 0.6 is 15.9 Å². The van der Waals surface area contributed by atoms with E-state index in [1.54, 1.807) is 19.1 Å². The van der Waals surface area contributed by atoms with Crippen molar-refractivity contribution in [3.8, 4) is 5.75 Å². The molecule has 0 fully saturated rings. The van der Waals surface area contributed by atoms with Crippen molar-refractivity contribution in [1.82, 2.24) is 0 Å². The minimum atomic E-state index is -0.220. The Labute approximate surface area is 79.7 Å². The van der Waals surface area contributed by atoms with Gasteiger partial charge in [-0.15, -0.1) is 0 Å². The van der Waals surface area contributed by atoms with Gasteiger partial charge in [0.15, 0.2) is 0 Å². The molecule has 0 heterocycles. The third-order valence-electron chi connectivity index (χ3n) is 1.55. The number of alkyl halides is 1. The van der Waals surface area contributed by atoms with E-state index in [1.807, 2.05) is 0 Å². The van der Waals surface area contributed by atoms with Gasteiger partial charge in [-0.3, -0.25) is 0 Å². The number of hydrogen-bond donors (Lipinski definition) is 0. The first kappa shape index (κ1) is 9.52. The van der Waals surface area contributed by atoms with E-state index in [-0.39, 0.29) is 5.82 Å². The normalized spacial score (nSPS) is 9.92. The van der Waals surface area contributed by atoms with Crippen LogP contribution in [0.1, 0.15) is 5.56 Å². The molecule has 0 saturated carbocycles. The third-order valence-corrected chi connectivity index (χ3v) is 1.88. The second kappa shape index (κ2) is 4.45. The van der Waals surface area contributed by atoms with Crippen LogP contribution in [0.25, 0.3) is 0 Å². The zero-order chi connectivity index (χ0) is 8.97. The SMILES string of the molecule is Cc1c(F)cccc1OCCBr. The molecule has 0 aliphatic carbocycles. The number of rotatable bonds is 3. The van der Waals surface area contributed by atoms with Gasteiger partial charge >= 0.3 is 0 Å². The Balaban J connectivity index is 2.78. The van der Waals surface area contributed by atoms with E-state index in [1.165, 1.54) is 6.07 Å². The van der Waals surface area contributed by atoms with Crippen molar-refractivity contribution < 1.29 is 9.13 Å². The minimum Gasteiger partial charge on any atom is -0.492 e. The van der Waals surface area contributed by atoms with E-state index in [4.69, 9.17) is 4.74 Å². The van der Waals surface area contributed by atoms with Gasteiger partial charge in [0.05, 0.1) is 6.61 Å². The Hall–Kier alpha value is -0.570. The summed E-state index contributed by atoms with van der Waals surface area (Å²) in [5.41, 5.74) is 0.568. The van der Waals surface area contributed by atoms with Crippen LogP contribution in [0, 0.1) is 12.7 Å². The van der Waals surface area contributed by atoms with E-state index in [0.717, 1.165) is 5.33 Å². The standard InChI is InChI=1S/C9H10BrFO/c1-7-8(11)3-2-4-9(7)12-6-5-10/h2-4H,5-6H2,1H3. The van der Waals surface area contributed by atoms with E-state index < -0.39 is 0 Å². The summed E-state index contributed by atoms with van der Waals surface area (Å²) in [6, 6.07) is 4.84. The topological polar surface area (TPSA) is 9.23 Å². The highest BCUT2D eigenvalue weighted by atomic mass is 79.9. The van der Waals surface area contributed by atoms with Crippen LogP contribution in [0.5, 0.6) is 5.75 Å². The van der Waals surface area contributed by atoms with Crippen LogP contribution in [-0.4, -0.2) is 11.9 Å². The molecule has 12 heavy (non-hydrogen) atoms. The summed E-state index contributed by atoms with van der Waals surface area (Å²) in [7, 11) is 0. The summed E-state index contributed by atoms with van der Waals surface area (Å²) in [6.07, 6.45) is 0. The molecule has 0 aromatic heterocycles. The van der Waals surface area contributed by atoms with Crippen molar-refractivity contribution in [2.75, 3.05) is 11.9 Å². The van der Waals surface area contributed by atoms with Crippen LogP contribution in [0.4, 0.5) is 4.39 Å². The Morgan fingerprint density at radius 2 is 2.25 bits per heavy atom. The van der Waals surface area contributed by atoms with Gasteiger partial charge in [0.2, 0.25) is 0 Å². The van der Waals surface area contributed by atoms with Crippen molar-refractivity contribution in [2.45, 2.75) is 6.92 Å². The average molecular weight is 233 g/mol. The summed E-state index contributed by atoms with van der Waals surface area (Å²) in [6.45, 7) is 2.27. The summed E-state index contributed by atoms with van der Waals surface area (Å²) in [5, 5.41) is 0.753. The fourth-order valence-electron chi connectivity index (χ4n) is 0.893. The zero-order valence-corrected chi connectivity index (χ0v) is 8.40. The highest BCUT2D eigenvalue weighted by Crippen LogP contribution is 2.19. The molecular weight excluding hydrogens is 223 g/mol. The van der Waals surface area contributed by atoms with Crippen molar-refractivity contribution in [3.63, 3.8) is 0 Å². The largest absolute Gasteiger partial charge is 0.492 e. The van der Waals surface area contributed by atoms with Crippen LogP contribution < -0.4 is 4.74 Å². The molecule has 0 spiro atoms. The Morgan fingerprint density at radius 1 is 1.50 bits per heavy atom. The molecule has 0 N–H and O–H groups in total. The first-order chi connectivity index (χ1) is 5.75. The maximum absolute atomic E-state index is 12.9. The lowest BCUT2D eigenvalue weighted by molar-refractivity contribution is 0.340. The van der Waals surface area contributed by atoms with Gasteiger partial charge in [-0.2, -0.15) is 0 Å². The fraction of sp³-hybridized carbons (Fsp3) is 0.333. The van der Waals surface area contributed by atoms with Gasteiger partial charge in [-0.05, 0) is 19.1 Å². The molecule has 3 heteroatoms. The molecule has 0 aliphatic rings. The molecule has 1 aromatic carbocycles. The second-order valence-electron chi connectivity index (χ2n) is 2.40. The summed E-state index contributed by atoms with van der Waals surface area (Å²) < 4.78 is 18.2. The Bertz CT molecular complexity index is 263. The number of benzene rings is 1. The molecule has 0 atom stereocenters. The Kier molecular flexibility index (Phi) is 3.53. The third kappa shape index (κ3) is 2.21. The summed E-state index contributed by atoms with van der Waals surface area (Å²) in [4.78, 5) is 0. The fourth-order valence-corrected chi connectivity index (χ4v) is 1.05. The molecule has 0 amide bonds. The van der Waals surface area contributed by atoms with E-state index in [9.17, 15) is 4.39 Å². The lowest BCUT2D eigenvalue weighted by Gasteiger charge is -2.07. The maximum atomic E-state index is 12.9. The van der Waals surface area contributed by atoms with Crippen LogP contribution in [0.15, 0.2) is 18.2 Å². The molecule has 0 aliphatic heterocycles. The second-order valence-corrected chi connectivity index (χ2v) is 3.19. The molecule has 0 radical (unpaired) electrons. The molecule has 1 nitrogen and oxygen atoms in total. The maximum Gasteiger partial charge on any atom is 0.129 e. The number of hydrogen-bond acceptors (Lipinski definition) is 1. The zero-order valence-electron chi connectivity index (χ0n) is 6.81. The smallest absolute Gasteiger partial charge is 0.129 e. The minimum absolute atomic E-state index is 0.220. The molecule has 0 unspecified atom stereocenters. The highest BCUT2D eigenvalue weighted by Gasteiger charge is 2.02. The molecule has 0 bridgehead atoms. The Morgan fingerprint density at radius 3 is 2.92 bits per heavy atom. The predicted molar refractivity (Wildman–Crippen MR) is 50.4 cm³/mol. The van der Waals surface area contributed by atoms with Gasteiger partial charge in [0.1, 0.15) is 11.6 Å². The van der Waals surface area contributed by atoms with Gasteiger partial charge < -0.3 is 4.74 Å². The van der Waals surface area contributed by atoms with Crippen molar-refractivity contribution in [1.29, 1.82) is 0 Å². The molecular formula is C9H10BrFO. The lowest BCUT2D eigenvalue weighted by Crippen LogP contribution is -2.00.